The molecule has 0 radical (unpaired) electrons. The van der Waals surface area contributed by atoms with Gasteiger partial charge in [0.2, 0.25) is 0 Å². The first-order valence-electron chi connectivity index (χ1n) is 6.99. The van der Waals surface area contributed by atoms with Gasteiger partial charge in [-0.1, -0.05) is 53.7 Å². The van der Waals surface area contributed by atoms with Gasteiger partial charge < -0.3 is 4.74 Å². The SMILES string of the molecule is COc1ccc(C(Br)CCC2CCCC2)cc1C. The summed E-state index contributed by atoms with van der Waals surface area (Å²) in [6.07, 6.45) is 8.39. The van der Waals surface area contributed by atoms with E-state index in [0.717, 1.165) is 11.7 Å². The van der Waals surface area contributed by atoms with Crippen LogP contribution in [0.3, 0.4) is 0 Å². The average molecular weight is 311 g/mol. The topological polar surface area (TPSA) is 9.23 Å². The summed E-state index contributed by atoms with van der Waals surface area (Å²) in [7, 11) is 1.73. The summed E-state index contributed by atoms with van der Waals surface area (Å²) in [5.74, 6) is 1.96. The standard InChI is InChI=1S/C16H23BrO/c1-12-11-14(8-10-16(12)18-2)15(17)9-7-13-5-3-4-6-13/h8,10-11,13,15H,3-7,9H2,1-2H3. The molecule has 0 amide bonds. The zero-order valence-electron chi connectivity index (χ0n) is 11.4. The third-order valence-electron chi connectivity index (χ3n) is 4.08. The second-order valence-electron chi connectivity index (χ2n) is 5.42. The molecule has 0 heterocycles. The quantitative estimate of drug-likeness (QED) is 0.661. The highest BCUT2D eigenvalue weighted by molar-refractivity contribution is 9.09. The number of methoxy groups -OCH3 is 1. The Balaban J connectivity index is 1.91. The minimum Gasteiger partial charge on any atom is -0.496 e. The molecule has 0 spiro atoms. The van der Waals surface area contributed by atoms with Crippen molar-refractivity contribution >= 4 is 15.9 Å². The van der Waals surface area contributed by atoms with Crippen LogP contribution in [-0.4, -0.2) is 7.11 Å². The molecule has 2 rings (SSSR count). The Morgan fingerprint density at radius 2 is 2.06 bits per heavy atom. The van der Waals surface area contributed by atoms with Crippen molar-refractivity contribution < 1.29 is 4.74 Å². The van der Waals surface area contributed by atoms with E-state index in [-0.39, 0.29) is 0 Å². The molecule has 1 aliphatic carbocycles. The maximum absolute atomic E-state index is 5.31. The highest BCUT2D eigenvalue weighted by atomic mass is 79.9. The van der Waals surface area contributed by atoms with Crippen LogP contribution in [-0.2, 0) is 0 Å². The van der Waals surface area contributed by atoms with Gasteiger partial charge in [0, 0.05) is 4.83 Å². The van der Waals surface area contributed by atoms with Crippen molar-refractivity contribution in [2.45, 2.75) is 50.3 Å². The number of alkyl halides is 1. The number of halogens is 1. The molecule has 1 aliphatic rings. The molecule has 1 aromatic rings. The van der Waals surface area contributed by atoms with Gasteiger partial charge in [0.1, 0.15) is 5.75 Å². The van der Waals surface area contributed by atoms with E-state index in [2.05, 4.69) is 41.1 Å². The van der Waals surface area contributed by atoms with E-state index >= 15 is 0 Å². The van der Waals surface area contributed by atoms with Crippen LogP contribution in [0.15, 0.2) is 18.2 Å². The van der Waals surface area contributed by atoms with Gasteiger partial charge in [-0.05, 0) is 42.9 Å². The third kappa shape index (κ3) is 3.50. The second-order valence-corrected chi connectivity index (χ2v) is 6.53. The van der Waals surface area contributed by atoms with E-state index in [0.29, 0.717) is 4.83 Å². The fraction of sp³-hybridized carbons (Fsp3) is 0.625. The average Bonchev–Trinajstić information content (AvgIpc) is 2.89. The number of hydrogen-bond acceptors (Lipinski definition) is 1. The van der Waals surface area contributed by atoms with Gasteiger partial charge in [-0.3, -0.25) is 0 Å². The first kappa shape index (κ1) is 13.9. The van der Waals surface area contributed by atoms with Crippen LogP contribution >= 0.6 is 15.9 Å². The highest BCUT2D eigenvalue weighted by Crippen LogP contribution is 2.35. The Morgan fingerprint density at radius 1 is 1.33 bits per heavy atom. The minimum atomic E-state index is 0.489. The molecule has 1 unspecified atom stereocenters. The van der Waals surface area contributed by atoms with Gasteiger partial charge in [0.15, 0.2) is 0 Å². The Bertz CT molecular complexity index is 383. The molecule has 100 valence electrons. The molecule has 0 saturated heterocycles. The predicted octanol–water partition coefficient (Wildman–Crippen LogP) is 5.41. The molecule has 0 bridgehead atoms. The molecule has 18 heavy (non-hydrogen) atoms. The minimum absolute atomic E-state index is 0.489. The number of benzene rings is 1. The second kappa shape index (κ2) is 6.60. The van der Waals surface area contributed by atoms with Crippen LogP contribution in [0.4, 0.5) is 0 Å². The van der Waals surface area contributed by atoms with Crippen LogP contribution in [0.2, 0.25) is 0 Å². The third-order valence-corrected chi connectivity index (χ3v) is 5.07. The summed E-state index contributed by atoms with van der Waals surface area (Å²) < 4.78 is 5.31. The van der Waals surface area contributed by atoms with E-state index in [1.54, 1.807) is 7.11 Å². The van der Waals surface area contributed by atoms with Crippen molar-refractivity contribution in [3.8, 4) is 5.75 Å². The Labute approximate surface area is 119 Å². The largest absolute Gasteiger partial charge is 0.496 e. The maximum Gasteiger partial charge on any atom is 0.121 e. The lowest BCUT2D eigenvalue weighted by atomic mass is 9.97. The molecule has 0 N–H and O–H groups in total. The van der Waals surface area contributed by atoms with Crippen molar-refractivity contribution in [2.24, 2.45) is 5.92 Å². The van der Waals surface area contributed by atoms with Crippen molar-refractivity contribution in [1.82, 2.24) is 0 Å². The van der Waals surface area contributed by atoms with Crippen LogP contribution < -0.4 is 4.74 Å². The van der Waals surface area contributed by atoms with E-state index < -0.39 is 0 Å². The molecule has 1 nitrogen and oxygen atoms in total. The van der Waals surface area contributed by atoms with Crippen LogP contribution in [0.5, 0.6) is 5.75 Å². The fourth-order valence-electron chi connectivity index (χ4n) is 2.94. The van der Waals surface area contributed by atoms with Gasteiger partial charge in [-0.25, -0.2) is 0 Å². The van der Waals surface area contributed by atoms with E-state index in [9.17, 15) is 0 Å². The van der Waals surface area contributed by atoms with E-state index in [4.69, 9.17) is 4.74 Å². The van der Waals surface area contributed by atoms with E-state index in [1.165, 1.54) is 49.7 Å². The van der Waals surface area contributed by atoms with Gasteiger partial charge >= 0.3 is 0 Å². The zero-order valence-corrected chi connectivity index (χ0v) is 13.0. The zero-order chi connectivity index (χ0) is 13.0. The van der Waals surface area contributed by atoms with Crippen molar-refractivity contribution in [3.05, 3.63) is 29.3 Å². The predicted molar refractivity (Wildman–Crippen MR) is 80.6 cm³/mol. The number of hydrogen-bond donors (Lipinski definition) is 0. The fourth-order valence-corrected chi connectivity index (χ4v) is 3.49. The first-order valence-corrected chi connectivity index (χ1v) is 7.91. The van der Waals surface area contributed by atoms with Gasteiger partial charge in [0.25, 0.3) is 0 Å². The molecule has 0 aromatic heterocycles. The Hall–Kier alpha value is -0.500. The summed E-state index contributed by atoms with van der Waals surface area (Å²) in [6, 6.07) is 6.50. The lowest BCUT2D eigenvalue weighted by Crippen LogP contribution is -1.98. The molecule has 1 saturated carbocycles. The molecular weight excluding hydrogens is 288 g/mol. The Kier molecular flexibility index (Phi) is 5.11. The lowest BCUT2D eigenvalue weighted by molar-refractivity contribution is 0.411. The van der Waals surface area contributed by atoms with Gasteiger partial charge in [0.05, 0.1) is 7.11 Å². The number of rotatable bonds is 5. The van der Waals surface area contributed by atoms with Crippen molar-refractivity contribution in [3.63, 3.8) is 0 Å². The summed E-state index contributed by atoms with van der Waals surface area (Å²) in [5, 5.41) is 0. The molecule has 0 aliphatic heterocycles. The van der Waals surface area contributed by atoms with Crippen molar-refractivity contribution in [2.75, 3.05) is 7.11 Å². The molecule has 1 fully saturated rings. The summed E-state index contributed by atoms with van der Waals surface area (Å²) in [6.45, 7) is 2.11. The lowest BCUT2D eigenvalue weighted by Gasteiger charge is -2.15. The van der Waals surface area contributed by atoms with E-state index in [1.807, 2.05) is 0 Å². The number of aryl methyl sites for hydroxylation is 1. The first-order chi connectivity index (χ1) is 8.70. The highest BCUT2D eigenvalue weighted by Gasteiger charge is 2.17. The summed E-state index contributed by atoms with van der Waals surface area (Å²) in [5.41, 5.74) is 2.60. The Morgan fingerprint density at radius 3 is 2.67 bits per heavy atom. The van der Waals surface area contributed by atoms with Crippen molar-refractivity contribution in [1.29, 1.82) is 0 Å². The molecule has 1 atom stereocenters. The molecular formula is C16H23BrO. The van der Waals surface area contributed by atoms with Crippen LogP contribution in [0, 0.1) is 12.8 Å². The van der Waals surface area contributed by atoms with Gasteiger partial charge in [-0.2, -0.15) is 0 Å². The molecule has 1 aromatic carbocycles. The summed E-state index contributed by atoms with van der Waals surface area (Å²) in [4.78, 5) is 0.489. The normalized spacial score (nSPS) is 17.9. The smallest absolute Gasteiger partial charge is 0.121 e. The van der Waals surface area contributed by atoms with Crippen LogP contribution in [0.25, 0.3) is 0 Å². The molecule has 2 heteroatoms. The summed E-state index contributed by atoms with van der Waals surface area (Å²) >= 11 is 3.83. The maximum atomic E-state index is 5.31. The van der Waals surface area contributed by atoms with Crippen LogP contribution in [0.1, 0.15) is 54.5 Å². The number of ether oxygens (including phenoxy) is 1. The monoisotopic (exact) mass is 310 g/mol. The van der Waals surface area contributed by atoms with Gasteiger partial charge in [-0.15, -0.1) is 0 Å².